The van der Waals surface area contributed by atoms with Crippen LogP contribution in [0.3, 0.4) is 0 Å². The standard InChI is InChI=1S/C12H12N2O2/c1-7-11(9(15)3-5-13-7)12-8(2)14-6-4-10(12)16/h3-6H,1-2H3,(H,13,15)(H,14,16). The van der Waals surface area contributed by atoms with E-state index in [1.807, 2.05) is 0 Å². The minimum Gasteiger partial charge on any atom is -0.364 e. The summed E-state index contributed by atoms with van der Waals surface area (Å²) in [5.41, 5.74) is 2.01. The summed E-state index contributed by atoms with van der Waals surface area (Å²) in [7, 11) is 0. The summed E-state index contributed by atoms with van der Waals surface area (Å²) in [6, 6.07) is 2.85. The van der Waals surface area contributed by atoms with Crippen molar-refractivity contribution in [3.63, 3.8) is 0 Å². The lowest BCUT2D eigenvalue weighted by atomic mass is 10.0. The summed E-state index contributed by atoms with van der Waals surface area (Å²) < 4.78 is 0. The molecule has 0 spiro atoms. The Morgan fingerprint density at radius 3 is 1.50 bits per heavy atom. The van der Waals surface area contributed by atoms with Crippen LogP contribution in [0, 0.1) is 13.8 Å². The second-order valence-corrected chi connectivity index (χ2v) is 3.68. The van der Waals surface area contributed by atoms with Gasteiger partial charge >= 0.3 is 0 Å². The van der Waals surface area contributed by atoms with Gasteiger partial charge in [-0.2, -0.15) is 0 Å². The van der Waals surface area contributed by atoms with Crippen LogP contribution >= 0.6 is 0 Å². The molecule has 0 saturated carbocycles. The number of hydrogen-bond donors (Lipinski definition) is 2. The van der Waals surface area contributed by atoms with Crippen LogP contribution in [0.5, 0.6) is 0 Å². The second kappa shape index (κ2) is 3.81. The predicted octanol–water partition coefficient (Wildman–Crippen LogP) is 1.35. The van der Waals surface area contributed by atoms with Crippen LogP contribution in [0.4, 0.5) is 0 Å². The third-order valence-corrected chi connectivity index (χ3v) is 2.56. The third-order valence-electron chi connectivity index (χ3n) is 2.56. The van der Waals surface area contributed by atoms with Gasteiger partial charge in [-0.05, 0) is 13.8 Å². The summed E-state index contributed by atoms with van der Waals surface area (Å²) in [4.78, 5) is 29.4. The maximum atomic E-state index is 11.8. The molecule has 16 heavy (non-hydrogen) atoms. The van der Waals surface area contributed by atoms with Crippen LogP contribution in [-0.2, 0) is 0 Å². The number of aromatic amines is 2. The maximum absolute atomic E-state index is 11.8. The SMILES string of the molecule is Cc1[nH]ccc(=O)c1-c1c(C)[nH]ccc1=O. The quantitative estimate of drug-likeness (QED) is 0.755. The van der Waals surface area contributed by atoms with E-state index in [-0.39, 0.29) is 10.9 Å². The predicted molar refractivity (Wildman–Crippen MR) is 62.6 cm³/mol. The number of nitrogens with one attached hydrogen (secondary N) is 2. The molecule has 0 amide bonds. The van der Waals surface area contributed by atoms with E-state index in [1.165, 1.54) is 12.1 Å². The fraction of sp³-hybridized carbons (Fsp3) is 0.167. The molecule has 0 aliphatic rings. The molecule has 4 heteroatoms. The molecule has 0 aliphatic carbocycles. The van der Waals surface area contributed by atoms with E-state index in [4.69, 9.17) is 0 Å². The lowest BCUT2D eigenvalue weighted by Gasteiger charge is -2.06. The van der Waals surface area contributed by atoms with Crippen molar-refractivity contribution < 1.29 is 0 Å². The number of aromatic nitrogens is 2. The van der Waals surface area contributed by atoms with Crippen LogP contribution in [0.25, 0.3) is 11.1 Å². The van der Waals surface area contributed by atoms with E-state index >= 15 is 0 Å². The van der Waals surface area contributed by atoms with E-state index in [0.717, 1.165) is 0 Å². The first-order chi connectivity index (χ1) is 7.61. The fourth-order valence-electron chi connectivity index (χ4n) is 1.79. The van der Waals surface area contributed by atoms with E-state index in [2.05, 4.69) is 9.97 Å². The zero-order valence-corrected chi connectivity index (χ0v) is 9.13. The maximum Gasteiger partial charge on any atom is 0.189 e. The molecule has 2 aromatic rings. The highest BCUT2D eigenvalue weighted by molar-refractivity contribution is 5.67. The topological polar surface area (TPSA) is 65.7 Å². The summed E-state index contributed by atoms with van der Waals surface area (Å²) in [5, 5.41) is 0. The molecule has 0 unspecified atom stereocenters. The van der Waals surface area contributed by atoms with Crippen molar-refractivity contribution in [1.82, 2.24) is 9.97 Å². The number of hydrogen-bond acceptors (Lipinski definition) is 2. The van der Waals surface area contributed by atoms with Crippen molar-refractivity contribution in [2.24, 2.45) is 0 Å². The Labute approximate surface area is 92.0 Å². The van der Waals surface area contributed by atoms with Gasteiger partial charge in [0.1, 0.15) is 0 Å². The molecular weight excluding hydrogens is 204 g/mol. The van der Waals surface area contributed by atoms with Gasteiger partial charge in [0.2, 0.25) is 0 Å². The molecule has 2 N–H and O–H groups in total. The highest BCUT2D eigenvalue weighted by Crippen LogP contribution is 2.16. The molecule has 0 saturated heterocycles. The number of pyridine rings is 2. The molecule has 0 aliphatic heterocycles. The molecule has 0 bridgehead atoms. The first-order valence-electron chi connectivity index (χ1n) is 4.98. The minimum atomic E-state index is -0.143. The first kappa shape index (κ1) is 10.4. The molecule has 0 fully saturated rings. The molecule has 2 heterocycles. The molecule has 0 aromatic carbocycles. The van der Waals surface area contributed by atoms with Gasteiger partial charge in [-0.15, -0.1) is 0 Å². The zero-order chi connectivity index (χ0) is 11.7. The van der Waals surface area contributed by atoms with Crippen molar-refractivity contribution in [2.75, 3.05) is 0 Å². The Morgan fingerprint density at radius 1 is 0.812 bits per heavy atom. The fourth-order valence-corrected chi connectivity index (χ4v) is 1.79. The molecule has 82 valence electrons. The summed E-state index contributed by atoms with van der Waals surface area (Å²) >= 11 is 0. The Bertz CT molecular complexity index is 580. The van der Waals surface area contributed by atoms with E-state index in [9.17, 15) is 9.59 Å². The van der Waals surface area contributed by atoms with Crippen molar-refractivity contribution in [1.29, 1.82) is 0 Å². The molecular formula is C12H12N2O2. The minimum absolute atomic E-state index is 0.143. The van der Waals surface area contributed by atoms with Crippen LogP contribution in [0.2, 0.25) is 0 Å². The van der Waals surface area contributed by atoms with E-state index in [1.54, 1.807) is 26.2 Å². The second-order valence-electron chi connectivity index (χ2n) is 3.68. The number of rotatable bonds is 1. The van der Waals surface area contributed by atoms with Gasteiger partial charge in [0.05, 0.1) is 11.1 Å². The third kappa shape index (κ3) is 1.58. The number of H-pyrrole nitrogens is 2. The normalized spacial score (nSPS) is 10.4. The summed E-state index contributed by atoms with van der Waals surface area (Å²) in [5.74, 6) is 0. The van der Waals surface area contributed by atoms with Crippen molar-refractivity contribution >= 4 is 0 Å². The van der Waals surface area contributed by atoms with Gasteiger partial charge in [0, 0.05) is 35.9 Å². The van der Waals surface area contributed by atoms with E-state index in [0.29, 0.717) is 22.5 Å². The smallest absolute Gasteiger partial charge is 0.189 e. The van der Waals surface area contributed by atoms with Gasteiger partial charge in [-0.3, -0.25) is 9.59 Å². The van der Waals surface area contributed by atoms with E-state index < -0.39 is 0 Å². The largest absolute Gasteiger partial charge is 0.364 e. The monoisotopic (exact) mass is 216 g/mol. The highest BCUT2D eigenvalue weighted by atomic mass is 16.1. The summed E-state index contributed by atoms with van der Waals surface area (Å²) in [6.45, 7) is 3.56. The first-order valence-corrected chi connectivity index (χ1v) is 4.98. The van der Waals surface area contributed by atoms with Gasteiger partial charge < -0.3 is 9.97 Å². The molecule has 0 atom stereocenters. The van der Waals surface area contributed by atoms with Crippen LogP contribution in [0.15, 0.2) is 34.1 Å². The van der Waals surface area contributed by atoms with Gasteiger partial charge in [0.15, 0.2) is 10.9 Å². The molecule has 4 nitrogen and oxygen atoms in total. The van der Waals surface area contributed by atoms with Crippen LogP contribution < -0.4 is 10.9 Å². The van der Waals surface area contributed by atoms with Crippen molar-refractivity contribution in [3.05, 3.63) is 56.4 Å². The lowest BCUT2D eigenvalue weighted by Crippen LogP contribution is -2.15. The van der Waals surface area contributed by atoms with Gasteiger partial charge in [-0.25, -0.2) is 0 Å². The van der Waals surface area contributed by atoms with Gasteiger partial charge in [-0.1, -0.05) is 0 Å². The Kier molecular flexibility index (Phi) is 2.48. The Hall–Kier alpha value is -2.10. The molecule has 2 aromatic heterocycles. The van der Waals surface area contributed by atoms with Crippen molar-refractivity contribution in [3.8, 4) is 11.1 Å². The molecule has 0 radical (unpaired) electrons. The Morgan fingerprint density at radius 2 is 1.19 bits per heavy atom. The zero-order valence-electron chi connectivity index (χ0n) is 9.13. The van der Waals surface area contributed by atoms with Crippen molar-refractivity contribution in [2.45, 2.75) is 13.8 Å². The van der Waals surface area contributed by atoms with Gasteiger partial charge in [0.25, 0.3) is 0 Å². The average Bonchev–Trinajstić information content (AvgIpc) is 2.21. The Balaban J connectivity index is 2.88. The van der Waals surface area contributed by atoms with Crippen LogP contribution in [-0.4, -0.2) is 9.97 Å². The number of aryl methyl sites for hydroxylation is 2. The summed E-state index contributed by atoms with van der Waals surface area (Å²) in [6.07, 6.45) is 3.15. The highest BCUT2D eigenvalue weighted by Gasteiger charge is 2.12. The lowest BCUT2D eigenvalue weighted by molar-refractivity contribution is 1.15. The van der Waals surface area contributed by atoms with Crippen LogP contribution in [0.1, 0.15) is 11.4 Å². The molecule has 2 rings (SSSR count). The average molecular weight is 216 g/mol.